The van der Waals surface area contributed by atoms with E-state index in [0.717, 1.165) is 25.7 Å². The summed E-state index contributed by atoms with van der Waals surface area (Å²) in [6.45, 7) is 12.0. The van der Waals surface area contributed by atoms with Crippen molar-refractivity contribution in [2.24, 2.45) is 17.3 Å². The van der Waals surface area contributed by atoms with Crippen LogP contribution in [0.4, 0.5) is 0 Å². The van der Waals surface area contributed by atoms with Gasteiger partial charge < -0.3 is 24.4 Å². The van der Waals surface area contributed by atoms with E-state index in [1.807, 2.05) is 13.8 Å². The van der Waals surface area contributed by atoms with Gasteiger partial charge >= 0.3 is 5.97 Å². The summed E-state index contributed by atoms with van der Waals surface area (Å²) in [7, 11) is 0. The molecule has 0 aromatic carbocycles. The van der Waals surface area contributed by atoms with E-state index in [-0.39, 0.29) is 6.61 Å². The predicted molar refractivity (Wildman–Crippen MR) is 104 cm³/mol. The Morgan fingerprint density at radius 1 is 1.32 bits per heavy atom. The topological polar surface area (TPSA) is 85.2 Å². The molecule has 0 aromatic rings. The third-order valence-electron chi connectivity index (χ3n) is 7.30. The maximum atomic E-state index is 11.5. The van der Waals surface area contributed by atoms with Gasteiger partial charge in [-0.15, -0.1) is 0 Å². The standard InChI is InChI=1S/C22H36O6/c1-13-7-6-9-22(5)10-8-15(11-16(13)22)21(3,4)28-20-19(27-14(2)23)18(25)17(24)12-26-20/h15-20,24-25H,1,6-12H2,2-5H3. The van der Waals surface area contributed by atoms with Crippen molar-refractivity contribution >= 4 is 5.97 Å². The monoisotopic (exact) mass is 396 g/mol. The van der Waals surface area contributed by atoms with Gasteiger partial charge in [0.1, 0.15) is 12.2 Å². The number of hydrogen-bond acceptors (Lipinski definition) is 6. The van der Waals surface area contributed by atoms with Gasteiger partial charge in [0.25, 0.3) is 0 Å². The molecule has 7 atom stereocenters. The fourth-order valence-electron chi connectivity index (χ4n) is 5.43. The van der Waals surface area contributed by atoms with Crippen molar-refractivity contribution in [2.45, 2.75) is 96.4 Å². The van der Waals surface area contributed by atoms with Crippen LogP contribution < -0.4 is 0 Å². The molecule has 6 nitrogen and oxygen atoms in total. The lowest BCUT2D eigenvalue weighted by Crippen LogP contribution is -2.58. The van der Waals surface area contributed by atoms with Crippen LogP contribution in [0.25, 0.3) is 0 Å². The Balaban J connectivity index is 1.71. The zero-order valence-corrected chi connectivity index (χ0v) is 17.6. The van der Waals surface area contributed by atoms with Crippen LogP contribution in [0.2, 0.25) is 0 Å². The Labute approximate surface area is 168 Å². The zero-order chi connectivity index (χ0) is 20.7. The second-order valence-electron chi connectivity index (χ2n) is 9.74. The van der Waals surface area contributed by atoms with Crippen molar-refractivity contribution in [3.05, 3.63) is 12.2 Å². The van der Waals surface area contributed by atoms with Crippen LogP contribution in [0.1, 0.15) is 66.2 Å². The summed E-state index contributed by atoms with van der Waals surface area (Å²) < 4.78 is 17.1. The molecule has 0 radical (unpaired) electrons. The average molecular weight is 397 g/mol. The normalized spacial score (nSPS) is 42.0. The number of rotatable bonds is 4. The Morgan fingerprint density at radius 2 is 2.04 bits per heavy atom. The van der Waals surface area contributed by atoms with Crippen molar-refractivity contribution in [3.63, 3.8) is 0 Å². The van der Waals surface area contributed by atoms with E-state index in [1.54, 1.807) is 0 Å². The van der Waals surface area contributed by atoms with Gasteiger partial charge in [0.15, 0.2) is 12.4 Å². The minimum absolute atomic E-state index is 0.0537. The zero-order valence-electron chi connectivity index (χ0n) is 17.6. The maximum Gasteiger partial charge on any atom is 0.303 e. The highest BCUT2D eigenvalue weighted by Crippen LogP contribution is 2.55. The molecule has 0 spiro atoms. The van der Waals surface area contributed by atoms with Gasteiger partial charge in [-0.05, 0) is 69.6 Å². The molecule has 2 N–H and O–H groups in total. The Morgan fingerprint density at radius 3 is 2.71 bits per heavy atom. The summed E-state index contributed by atoms with van der Waals surface area (Å²) >= 11 is 0. The minimum Gasteiger partial charge on any atom is -0.454 e. The predicted octanol–water partition coefficient (Wildman–Crippen LogP) is 2.95. The molecule has 1 aliphatic heterocycles. The first-order valence-electron chi connectivity index (χ1n) is 10.5. The first-order valence-corrected chi connectivity index (χ1v) is 10.5. The number of hydrogen-bond donors (Lipinski definition) is 2. The van der Waals surface area contributed by atoms with E-state index in [0.29, 0.717) is 17.3 Å². The third kappa shape index (κ3) is 4.30. The van der Waals surface area contributed by atoms with Crippen LogP contribution in [0.3, 0.4) is 0 Å². The van der Waals surface area contributed by atoms with Gasteiger partial charge in [0, 0.05) is 6.92 Å². The molecule has 1 heterocycles. The SMILES string of the molecule is C=C1CCCC2(C)CCC(C(C)(C)OC3OCC(O)C(O)C3OC(C)=O)CC12. The molecule has 0 amide bonds. The molecule has 3 rings (SSSR count). The maximum absolute atomic E-state index is 11.5. The molecule has 0 aromatic heterocycles. The first kappa shape index (κ1) is 21.8. The highest BCUT2D eigenvalue weighted by atomic mass is 16.7. The van der Waals surface area contributed by atoms with Crippen LogP contribution in [0, 0.1) is 17.3 Å². The van der Waals surface area contributed by atoms with E-state index < -0.39 is 36.2 Å². The first-order chi connectivity index (χ1) is 13.0. The number of fused-ring (bicyclic) bond motifs is 1. The van der Waals surface area contributed by atoms with E-state index in [1.165, 1.54) is 25.3 Å². The molecule has 0 bridgehead atoms. The second-order valence-corrected chi connectivity index (χ2v) is 9.74. The van der Waals surface area contributed by atoms with Crippen LogP contribution in [0.15, 0.2) is 12.2 Å². The molecule has 7 unspecified atom stereocenters. The van der Waals surface area contributed by atoms with Gasteiger partial charge in [-0.25, -0.2) is 0 Å². The van der Waals surface area contributed by atoms with Crippen molar-refractivity contribution in [1.29, 1.82) is 0 Å². The number of aliphatic hydroxyl groups is 2. The van der Waals surface area contributed by atoms with Gasteiger partial charge in [-0.2, -0.15) is 0 Å². The average Bonchev–Trinajstić information content (AvgIpc) is 2.60. The van der Waals surface area contributed by atoms with Crippen LogP contribution in [-0.2, 0) is 19.0 Å². The van der Waals surface area contributed by atoms with E-state index in [2.05, 4.69) is 13.5 Å². The minimum atomic E-state index is -1.23. The largest absolute Gasteiger partial charge is 0.454 e. The quantitative estimate of drug-likeness (QED) is 0.561. The van der Waals surface area contributed by atoms with Crippen molar-refractivity contribution in [2.75, 3.05) is 6.61 Å². The molecule has 2 aliphatic carbocycles. The summed E-state index contributed by atoms with van der Waals surface area (Å²) in [6, 6.07) is 0. The lowest BCUT2D eigenvalue weighted by Gasteiger charge is -2.52. The number of ether oxygens (including phenoxy) is 3. The number of carbonyl (C=O) groups excluding carboxylic acids is 1. The molecule has 6 heteroatoms. The second kappa shape index (κ2) is 8.05. The third-order valence-corrected chi connectivity index (χ3v) is 7.30. The fraction of sp³-hybridized carbons (Fsp3) is 0.864. The van der Waals surface area contributed by atoms with E-state index in [9.17, 15) is 15.0 Å². The molecule has 2 saturated carbocycles. The Hall–Kier alpha value is -0.950. The lowest BCUT2D eigenvalue weighted by atomic mass is 9.55. The van der Waals surface area contributed by atoms with Crippen molar-refractivity contribution in [3.8, 4) is 0 Å². The lowest BCUT2D eigenvalue weighted by molar-refractivity contribution is -0.308. The molecule has 1 saturated heterocycles. The number of esters is 1. The summed E-state index contributed by atoms with van der Waals surface area (Å²) in [5, 5.41) is 20.2. The molecular weight excluding hydrogens is 360 g/mol. The van der Waals surface area contributed by atoms with Crippen LogP contribution >= 0.6 is 0 Å². The fourth-order valence-corrected chi connectivity index (χ4v) is 5.43. The van der Waals surface area contributed by atoms with Crippen LogP contribution in [-0.4, -0.2) is 53.0 Å². The molecule has 3 aliphatic rings. The van der Waals surface area contributed by atoms with Gasteiger partial charge in [-0.3, -0.25) is 4.79 Å². The highest BCUT2D eigenvalue weighted by Gasteiger charge is 2.49. The van der Waals surface area contributed by atoms with Crippen molar-refractivity contribution < 1.29 is 29.2 Å². The molecule has 160 valence electrons. The summed E-state index contributed by atoms with van der Waals surface area (Å²) in [4.78, 5) is 11.5. The Kier molecular flexibility index (Phi) is 6.26. The van der Waals surface area contributed by atoms with E-state index in [4.69, 9.17) is 14.2 Å². The number of allylic oxidation sites excluding steroid dienone is 1. The number of aliphatic hydroxyl groups excluding tert-OH is 2. The Bertz CT molecular complexity index is 602. The van der Waals surface area contributed by atoms with Gasteiger partial charge in [0.05, 0.1) is 12.2 Å². The van der Waals surface area contributed by atoms with Crippen LogP contribution in [0.5, 0.6) is 0 Å². The van der Waals surface area contributed by atoms with E-state index >= 15 is 0 Å². The summed E-state index contributed by atoms with van der Waals surface area (Å²) in [5.41, 5.74) is 1.17. The molecule has 28 heavy (non-hydrogen) atoms. The van der Waals surface area contributed by atoms with Gasteiger partial charge in [0.2, 0.25) is 0 Å². The summed E-state index contributed by atoms with van der Waals surface area (Å²) in [6.07, 6.45) is 2.55. The van der Waals surface area contributed by atoms with Gasteiger partial charge in [-0.1, -0.05) is 19.1 Å². The highest BCUT2D eigenvalue weighted by molar-refractivity contribution is 5.66. The smallest absolute Gasteiger partial charge is 0.303 e. The molecular formula is C22H36O6. The summed E-state index contributed by atoms with van der Waals surface area (Å²) in [5.74, 6) is 0.276. The van der Waals surface area contributed by atoms with Crippen molar-refractivity contribution in [1.82, 2.24) is 0 Å². The number of carbonyl (C=O) groups is 1. The molecule has 3 fully saturated rings.